The predicted molar refractivity (Wildman–Crippen MR) is 178 cm³/mol. The molecule has 0 bridgehead atoms. The van der Waals surface area contributed by atoms with E-state index in [-0.39, 0.29) is 24.1 Å². The first-order chi connectivity index (χ1) is 21.4. The van der Waals surface area contributed by atoms with Crippen molar-refractivity contribution in [2.45, 2.75) is 78.1 Å². The molecule has 3 unspecified atom stereocenters. The molecule has 4 aromatic carbocycles. The van der Waals surface area contributed by atoms with Gasteiger partial charge in [0.15, 0.2) is 0 Å². The quantitative estimate of drug-likeness (QED) is 0.175. The molecule has 0 aliphatic rings. The van der Waals surface area contributed by atoms with Crippen molar-refractivity contribution in [2.75, 3.05) is 5.32 Å². The first kappa shape index (κ1) is 33.1. The summed E-state index contributed by atoms with van der Waals surface area (Å²) in [7, 11) is 0. The van der Waals surface area contributed by atoms with E-state index < -0.39 is 29.7 Å². The predicted octanol–water partition coefficient (Wildman–Crippen LogP) is 7.30. The molecule has 3 amide bonds. The van der Waals surface area contributed by atoms with Crippen LogP contribution < -0.4 is 10.6 Å². The number of fused-ring (bicyclic) bond motifs is 1. The number of carbonyl (C=O) groups excluding carboxylic acids is 3. The Hall–Kier alpha value is -4.85. The molecule has 4 rings (SSSR count). The van der Waals surface area contributed by atoms with Gasteiger partial charge < -0.3 is 25.4 Å². The summed E-state index contributed by atoms with van der Waals surface area (Å²) in [6, 6.07) is 25.2. The first-order valence-corrected chi connectivity index (χ1v) is 15.3. The molecule has 0 saturated carbocycles. The lowest BCUT2D eigenvalue weighted by Gasteiger charge is -2.38. The number of rotatable bonds is 10. The van der Waals surface area contributed by atoms with Gasteiger partial charge in [-0.05, 0) is 92.8 Å². The number of nitrogens with zero attached hydrogens (tertiary/aromatic N) is 1. The number of hydrogen-bond acceptors (Lipinski definition) is 5. The van der Waals surface area contributed by atoms with Gasteiger partial charge in [0.1, 0.15) is 23.4 Å². The lowest BCUT2D eigenvalue weighted by molar-refractivity contribution is -0.143. The maximum atomic E-state index is 14.7. The van der Waals surface area contributed by atoms with Gasteiger partial charge in [0.25, 0.3) is 5.91 Å². The minimum absolute atomic E-state index is 0.0907. The van der Waals surface area contributed by atoms with Crippen LogP contribution in [-0.4, -0.2) is 45.6 Å². The van der Waals surface area contributed by atoms with Crippen molar-refractivity contribution in [2.24, 2.45) is 0 Å². The van der Waals surface area contributed by atoms with Crippen LogP contribution in [0.4, 0.5) is 10.5 Å². The molecule has 0 spiro atoms. The third kappa shape index (κ3) is 8.62. The van der Waals surface area contributed by atoms with E-state index in [1.807, 2.05) is 87.5 Å². The summed E-state index contributed by atoms with van der Waals surface area (Å²) in [4.78, 5) is 43.7. The molecule has 0 heterocycles. The van der Waals surface area contributed by atoms with Crippen molar-refractivity contribution >= 4 is 34.4 Å². The molecule has 0 aliphatic carbocycles. The Kier molecular flexibility index (Phi) is 10.5. The van der Waals surface area contributed by atoms with Crippen LogP contribution in [0.3, 0.4) is 0 Å². The van der Waals surface area contributed by atoms with Gasteiger partial charge in [0, 0.05) is 18.2 Å². The van der Waals surface area contributed by atoms with Crippen LogP contribution in [0.2, 0.25) is 0 Å². The average Bonchev–Trinajstić information content (AvgIpc) is 2.99. The number of alkyl carbamates (subject to hydrolysis) is 1. The smallest absolute Gasteiger partial charge is 0.408 e. The maximum Gasteiger partial charge on any atom is 0.408 e. The number of ether oxygens (including phenoxy) is 1. The van der Waals surface area contributed by atoms with Crippen molar-refractivity contribution in [3.8, 4) is 5.75 Å². The van der Waals surface area contributed by atoms with Crippen LogP contribution in [0.25, 0.3) is 10.8 Å². The van der Waals surface area contributed by atoms with Gasteiger partial charge in [-0.1, -0.05) is 73.7 Å². The summed E-state index contributed by atoms with van der Waals surface area (Å²) >= 11 is 0. The minimum atomic E-state index is -1.06. The Morgan fingerprint density at radius 1 is 0.889 bits per heavy atom. The standard InChI is InChI=1S/C37H43N3O5/c1-7-25(3)40(35(43)32(39-36(44)45-37(4,5)6)22-26-16-20-30(41)21-17-26)33(31-15-11-8-12-24(31)2)34(42)38-29-19-18-27-13-9-10-14-28(27)23-29/h8-21,23,25,32-33,41H,7,22H2,1-6H3,(H,38,42)(H,39,44). The van der Waals surface area contributed by atoms with E-state index in [1.54, 1.807) is 37.8 Å². The minimum Gasteiger partial charge on any atom is -0.508 e. The molecule has 4 aromatic rings. The summed E-state index contributed by atoms with van der Waals surface area (Å²) in [5.74, 6) is -0.702. The van der Waals surface area contributed by atoms with E-state index in [2.05, 4.69) is 10.6 Å². The van der Waals surface area contributed by atoms with Crippen LogP contribution in [0.1, 0.15) is 63.8 Å². The molecule has 0 fully saturated rings. The fraction of sp³-hybridized carbons (Fsp3) is 0.324. The molecule has 45 heavy (non-hydrogen) atoms. The van der Waals surface area contributed by atoms with Crippen molar-refractivity contribution in [1.29, 1.82) is 0 Å². The van der Waals surface area contributed by atoms with E-state index in [0.29, 0.717) is 17.7 Å². The molecule has 8 heteroatoms. The third-order valence-corrected chi connectivity index (χ3v) is 7.71. The number of amides is 3. The summed E-state index contributed by atoms with van der Waals surface area (Å²) in [5, 5.41) is 17.7. The highest BCUT2D eigenvalue weighted by atomic mass is 16.6. The molecule has 3 N–H and O–H groups in total. The zero-order valence-electron chi connectivity index (χ0n) is 26.8. The van der Waals surface area contributed by atoms with E-state index >= 15 is 0 Å². The summed E-state index contributed by atoms with van der Waals surface area (Å²) in [6.07, 6.45) is -0.0508. The number of nitrogens with one attached hydrogen (secondary N) is 2. The molecule has 3 atom stereocenters. The number of phenolic OH excluding ortho intramolecular Hbond substituents is 1. The Labute approximate surface area is 265 Å². The van der Waals surface area contributed by atoms with E-state index in [4.69, 9.17) is 4.74 Å². The molecular formula is C37H43N3O5. The van der Waals surface area contributed by atoms with Crippen LogP contribution >= 0.6 is 0 Å². The third-order valence-electron chi connectivity index (χ3n) is 7.71. The summed E-state index contributed by atoms with van der Waals surface area (Å²) in [5.41, 5.74) is 2.09. The largest absolute Gasteiger partial charge is 0.508 e. The lowest BCUT2D eigenvalue weighted by Crippen LogP contribution is -2.55. The van der Waals surface area contributed by atoms with Gasteiger partial charge in [-0.15, -0.1) is 0 Å². The van der Waals surface area contributed by atoms with E-state index in [1.165, 1.54) is 12.1 Å². The SMILES string of the molecule is CCC(C)N(C(=O)C(Cc1ccc(O)cc1)NC(=O)OC(C)(C)C)C(C(=O)Nc1ccc2ccccc2c1)c1ccccc1C. The first-order valence-electron chi connectivity index (χ1n) is 15.3. The molecule has 8 nitrogen and oxygen atoms in total. The normalized spacial score (nSPS) is 13.4. The number of aromatic hydroxyl groups is 1. The molecule has 0 aromatic heterocycles. The molecule has 0 saturated heterocycles. The topological polar surface area (TPSA) is 108 Å². The second-order valence-electron chi connectivity index (χ2n) is 12.4. The summed E-state index contributed by atoms with van der Waals surface area (Å²) < 4.78 is 5.53. The average molecular weight is 610 g/mol. The molecule has 0 radical (unpaired) electrons. The molecule has 236 valence electrons. The number of anilines is 1. The van der Waals surface area contributed by atoms with Crippen molar-refractivity contribution in [3.63, 3.8) is 0 Å². The fourth-order valence-corrected chi connectivity index (χ4v) is 5.28. The van der Waals surface area contributed by atoms with Crippen LogP contribution in [0.5, 0.6) is 5.75 Å². The Bertz CT molecular complexity index is 1640. The van der Waals surface area contributed by atoms with Gasteiger partial charge in [0.05, 0.1) is 0 Å². The van der Waals surface area contributed by atoms with Crippen LogP contribution in [0.15, 0.2) is 91.0 Å². The number of benzene rings is 4. The van der Waals surface area contributed by atoms with Crippen LogP contribution in [0, 0.1) is 6.92 Å². The highest BCUT2D eigenvalue weighted by molar-refractivity contribution is 6.00. The van der Waals surface area contributed by atoms with Crippen LogP contribution in [-0.2, 0) is 20.7 Å². The lowest BCUT2D eigenvalue weighted by atomic mass is 9.95. The second-order valence-corrected chi connectivity index (χ2v) is 12.4. The molecular weight excluding hydrogens is 566 g/mol. The van der Waals surface area contributed by atoms with Gasteiger partial charge in [-0.3, -0.25) is 9.59 Å². The number of carbonyl (C=O) groups is 3. The van der Waals surface area contributed by atoms with Gasteiger partial charge >= 0.3 is 6.09 Å². The highest BCUT2D eigenvalue weighted by Crippen LogP contribution is 2.31. The number of aryl methyl sites for hydroxylation is 1. The Morgan fingerprint density at radius 3 is 2.18 bits per heavy atom. The van der Waals surface area contributed by atoms with Crippen molar-refractivity contribution < 1.29 is 24.2 Å². The number of hydrogen-bond donors (Lipinski definition) is 3. The zero-order chi connectivity index (χ0) is 32.7. The number of phenols is 1. The maximum absolute atomic E-state index is 14.7. The Balaban J connectivity index is 1.77. The Morgan fingerprint density at radius 2 is 1.53 bits per heavy atom. The van der Waals surface area contributed by atoms with Gasteiger partial charge in [-0.25, -0.2) is 4.79 Å². The van der Waals surface area contributed by atoms with Gasteiger partial charge in [0.2, 0.25) is 5.91 Å². The van der Waals surface area contributed by atoms with Crippen molar-refractivity contribution in [3.05, 3.63) is 108 Å². The fourth-order valence-electron chi connectivity index (χ4n) is 5.28. The van der Waals surface area contributed by atoms with Crippen molar-refractivity contribution in [1.82, 2.24) is 10.2 Å². The van der Waals surface area contributed by atoms with E-state index in [9.17, 15) is 19.5 Å². The second kappa shape index (κ2) is 14.3. The zero-order valence-corrected chi connectivity index (χ0v) is 26.8. The highest BCUT2D eigenvalue weighted by Gasteiger charge is 2.39. The molecule has 0 aliphatic heterocycles. The van der Waals surface area contributed by atoms with Gasteiger partial charge in [-0.2, -0.15) is 0 Å². The van der Waals surface area contributed by atoms with E-state index in [0.717, 1.165) is 21.9 Å². The monoisotopic (exact) mass is 609 g/mol. The summed E-state index contributed by atoms with van der Waals surface area (Å²) in [6.45, 7) is 11.0.